The van der Waals surface area contributed by atoms with Gasteiger partial charge in [0, 0.05) is 39.0 Å². The number of hydrogen-bond acceptors (Lipinski definition) is 5. The van der Waals surface area contributed by atoms with Crippen molar-refractivity contribution in [2.75, 3.05) is 25.5 Å². The van der Waals surface area contributed by atoms with Gasteiger partial charge < -0.3 is 10.2 Å². The number of hydrogen-bond donors (Lipinski definition) is 1. The van der Waals surface area contributed by atoms with Crippen LogP contribution in [0.25, 0.3) is 0 Å². The van der Waals surface area contributed by atoms with Crippen molar-refractivity contribution in [2.45, 2.75) is 38.5 Å². The molecule has 1 N–H and O–H groups in total. The molecule has 3 heterocycles. The summed E-state index contributed by atoms with van der Waals surface area (Å²) < 4.78 is 0. The van der Waals surface area contributed by atoms with Crippen LogP contribution in [0.3, 0.4) is 0 Å². The minimum absolute atomic E-state index is 0.257. The van der Waals surface area contributed by atoms with Gasteiger partial charge in [-0.15, -0.1) is 0 Å². The van der Waals surface area contributed by atoms with Gasteiger partial charge in [0.25, 0.3) is 0 Å². The molecule has 1 amide bonds. The van der Waals surface area contributed by atoms with E-state index in [0.717, 1.165) is 62.3 Å². The number of nitrogens with one attached hydrogen (secondary N) is 1. The SMILES string of the molecule is CNc1cnc(C[C@H]2CCCN(C(=O)CCc3cccnc3)CC2)cn1. The van der Waals surface area contributed by atoms with Gasteiger partial charge in [-0.1, -0.05) is 6.07 Å². The fourth-order valence-corrected chi connectivity index (χ4v) is 3.46. The van der Waals surface area contributed by atoms with Gasteiger partial charge in [0.15, 0.2) is 0 Å². The molecule has 1 aliphatic heterocycles. The normalized spacial score (nSPS) is 17.6. The number of nitrogens with zero attached hydrogens (tertiary/aromatic N) is 4. The summed E-state index contributed by atoms with van der Waals surface area (Å²) >= 11 is 0. The average molecular weight is 353 g/mol. The van der Waals surface area contributed by atoms with Crippen LogP contribution in [0.2, 0.25) is 0 Å². The zero-order valence-electron chi connectivity index (χ0n) is 15.4. The number of rotatable bonds is 6. The summed E-state index contributed by atoms with van der Waals surface area (Å²) in [4.78, 5) is 27.5. The predicted molar refractivity (Wildman–Crippen MR) is 102 cm³/mol. The molecule has 1 aliphatic rings. The second-order valence-electron chi connectivity index (χ2n) is 6.89. The monoisotopic (exact) mass is 353 g/mol. The minimum Gasteiger partial charge on any atom is -0.372 e. The predicted octanol–water partition coefficient (Wildman–Crippen LogP) is 2.72. The van der Waals surface area contributed by atoms with Gasteiger partial charge in [0.1, 0.15) is 5.82 Å². The fourth-order valence-electron chi connectivity index (χ4n) is 3.46. The van der Waals surface area contributed by atoms with Gasteiger partial charge in [-0.05, 0) is 49.7 Å². The maximum absolute atomic E-state index is 12.5. The summed E-state index contributed by atoms with van der Waals surface area (Å²) in [7, 11) is 1.84. The summed E-state index contributed by atoms with van der Waals surface area (Å²) in [5.41, 5.74) is 2.16. The minimum atomic E-state index is 0.257. The highest BCUT2D eigenvalue weighted by Crippen LogP contribution is 2.22. The highest BCUT2D eigenvalue weighted by atomic mass is 16.2. The lowest BCUT2D eigenvalue weighted by Gasteiger charge is -2.20. The van der Waals surface area contributed by atoms with E-state index in [9.17, 15) is 4.79 Å². The largest absolute Gasteiger partial charge is 0.372 e. The van der Waals surface area contributed by atoms with E-state index in [1.54, 1.807) is 12.4 Å². The number of anilines is 1. The Balaban J connectivity index is 1.47. The van der Waals surface area contributed by atoms with Crippen LogP contribution < -0.4 is 5.32 Å². The van der Waals surface area contributed by atoms with Gasteiger partial charge in [-0.2, -0.15) is 0 Å². The van der Waals surface area contributed by atoms with Crippen LogP contribution in [0.1, 0.15) is 36.9 Å². The Morgan fingerprint density at radius 2 is 2.15 bits per heavy atom. The molecule has 0 unspecified atom stereocenters. The van der Waals surface area contributed by atoms with Crippen molar-refractivity contribution in [1.82, 2.24) is 19.9 Å². The van der Waals surface area contributed by atoms with Crippen LogP contribution in [-0.4, -0.2) is 45.9 Å². The van der Waals surface area contributed by atoms with Crippen LogP contribution in [0.15, 0.2) is 36.9 Å². The van der Waals surface area contributed by atoms with Crippen LogP contribution in [0, 0.1) is 5.92 Å². The number of aromatic nitrogens is 3. The molecule has 0 aliphatic carbocycles. The topological polar surface area (TPSA) is 71.0 Å². The molecule has 6 heteroatoms. The van der Waals surface area contributed by atoms with Gasteiger partial charge in [0.05, 0.1) is 18.1 Å². The zero-order valence-corrected chi connectivity index (χ0v) is 15.4. The molecule has 2 aromatic heterocycles. The molecule has 26 heavy (non-hydrogen) atoms. The van der Waals surface area contributed by atoms with Crippen molar-refractivity contribution in [3.05, 3.63) is 48.2 Å². The third-order valence-corrected chi connectivity index (χ3v) is 5.01. The second kappa shape index (κ2) is 9.27. The molecule has 2 aromatic rings. The van der Waals surface area contributed by atoms with Gasteiger partial charge >= 0.3 is 0 Å². The number of pyridine rings is 1. The van der Waals surface area contributed by atoms with E-state index in [1.807, 2.05) is 36.5 Å². The third-order valence-electron chi connectivity index (χ3n) is 5.01. The van der Waals surface area contributed by atoms with Crippen molar-refractivity contribution < 1.29 is 4.79 Å². The molecule has 0 bridgehead atoms. The first-order valence-electron chi connectivity index (χ1n) is 9.40. The standard InChI is InChI=1S/C20H27N5O/c1-21-19-15-23-18(14-24-19)12-16-5-3-10-25(11-8-16)20(26)7-6-17-4-2-9-22-13-17/h2,4,9,13-16H,3,5-8,10-12H2,1H3,(H,21,24)/t16-/m0/s1. The van der Waals surface area contributed by atoms with E-state index >= 15 is 0 Å². The first-order valence-corrected chi connectivity index (χ1v) is 9.40. The fraction of sp³-hybridized carbons (Fsp3) is 0.500. The molecule has 138 valence electrons. The van der Waals surface area contributed by atoms with Crippen LogP contribution in [0.4, 0.5) is 5.82 Å². The van der Waals surface area contributed by atoms with Crippen molar-refractivity contribution >= 4 is 11.7 Å². The molecule has 0 radical (unpaired) electrons. The Hall–Kier alpha value is -2.50. The number of carbonyl (C=O) groups is 1. The molecule has 0 aromatic carbocycles. The molecule has 1 saturated heterocycles. The number of amides is 1. The summed E-state index contributed by atoms with van der Waals surface area (Å²) in [6.07, 6.45) is 12.7. The average Bonchev–Trinajstić information content (AvgIpc) is 2.93. The molecular weight excluding hydrogens is 326 g/mol. The Labute approximate surface area is 155 Å². The summed E-state index contributed by atoms with van der Waals surface area (Å²) in [6, 6.07) is 3.95. The van der Waals surface area contributed by atoms with E-state index in [2.05, 4.69) is 20.3 Å². The first kappa shape index (κ1) is 18.3. The smallest absolute Gasteiger partial charge is 0.222 e. The maximum atomic E-state index is 12.5. The molecule has 1 atom stereocenters. The van der Waals surface area contributed by atoms with Crippen molar-refractivity contribution in [3.63, 3.8) is 0 Å². The highest BCUT2D eigenvalue weighted by molar-refractivity contribution is 5.76. The number of likely N-dealkylation sites (tertiary alicyclic amines) is 1. The highest BCUT2D eigenvalue weighted by Gasteiger charge is 2.21. The van der Waals surface area contributed by atoms with Crippen LogP contribution >= 0.6 is 0 Å². The molecular formula is C20H27N5O. The van der Waals surface area contributed by atoms with E-state index in [4.69, 9.17) is 0 Å². The van der Waals surface area contributed by atoms with Crippen molar-refractivity contribution in [1.29, 1.82) is 0 Å². The molecule has 1 fully saturated rings. The number of carbonyl (C=O) groups excluding carboxylic acids is 1. The van der Waals surface area contributed by atoms with E-state index in [0.29, 0.717) is 12.3 Å². The van der Waals surface area contributed by atoms with Crippen LogP contribution in [-0.2, 0) is 17.6 Å². The summed E-state index contributed by atoms with van der Waals surface area (Å²) in [5, 5.41) is 2.99. The van der Waals surface area contributed by atoms with E-state index in [-0.39, 0.29) is 5.91 Å². The summed E-state index contributed by atoms with van der Waals surface area (Å²) in [6.45, 7) is 1.71. The molecule has 0 saturated carbocycles. The zero-order chi connectivity index (χ0) is 18.2. The lowest BCUT2D eigenvalue weighted by Crippen LogP contribution is -2.32. The first-order chi connectivity index (χ1) is 12.7. The Kier molecular flexibility index (Phi) is 6.52. The Bertz CT molecular complexity index is 689. The van der Waals surface area contributed by atoms with E-state index < -0.39 is 0 Å². The van der Waals surface area contributed by atoms with Gasteiger partial charge in [-0.25, -0.2) is 4.98 Å². The van der Waals surface area contributed by atoms with Crippen molar-refractivity contribution in [3.8, 4) is 0 Å². The lowest BCUT2D eigenvalue weighted by molar-refractivity contribution is -0.131. The lowest BCUT2D eigenvalue weighted by atomic mass is 9.95. The van der Waals surface area contributed by atoms with Gasteiger partial charge in [-0.3, -0.25) is 14.8 Å². The Morgan fingerprint density at radius 3 is 2.88 bits per heavy atom. The van der Waals surface area contributed by atoms with Crippen LogP contribution in [0.5, 0.6) is 0 Å². The quantitative estimate of drug-likeness (QED) is 0.864. The second-order valence-corrected chi connectivity index (χ2v) is 6.89. The van der Waals surface area contributed by atoms with E-state index in [1.165, 1.54) is 0 Å². The van der Waals surface area contributed by atoms with Gasteiger partial charge in [0.2, 0.25) is 5.91 Å². The molecule has 6 nitrogen and oxygen atoms in total. The number of aryl methyl sites for hydroxylation is 1. The Morgan fingerprint density at radius 1 is 1.23 bits per heavy atom. The summed E-state index contributed by atoms with van der Waals surface area (Å²) in [5.74, 6) is 1.62. The van der Waals surface area contributed by atoms with Crippen molar-refractivity contribution in [2.24, 2.45) is 5.92 Å². The third kappa shape index (κ3) is 5.25. The molecule has 3 rings (SSSR count). The molecule has 0 spiro atoms. The maximum Gasteiger partial charge on any atom is 0.222 e.